The molecule has 0 spiro atoms. The zero-order valence-electron chi connectivity index (χ0n) is 8.52. The van der Waals surface area contributed by atoms with Gasteiger partial charge in [0.2, 0.25) is 0 Å². The maximum Gasteiger partial charge on any atom is 0.0878 e. The molecule has 0 amide bonds. The molecule has 2 heteroatoms. The lowest BCUT2D eigenvalue weighted by Gasteiger charge is -2.27. The molecule has 78 valence electrons. The highest BCUT2D eigenvalue weighted by Crippen LogP contribution is 2.18. The summed E-state index contributed by atoms with van der Waals surface area (Å²) in [7, 11) is 0. The fourth-order valence-corrected chi connectivity index (χ4v) is 1.50. The average molecular weight is 194 g/mol. The molecule has 0 heterocycles. The Bertz CT molecular complexity index is 186. The fraction of sp³-hybridized carbons (Fsp3) is 0.500. The smallest absolute Gasteiger partial charge is 0.0878 e. The van der Waals surface area contributed by atoms with Gasteiger partial charge in [0.05, 0.1) is 25.4 Å². The summed E-state index contributed by atoms with van der Waals surface area (Å²) < 4.78 is 11.2. The zero-order chi connectivity index (χ0) is 10.2. The van der Waals surface area contributed by atoms with Gasteiger partial charge in [-0.1, -0.05) is 24.3 Å². The summed E-state index contributed by atoms with van der Waals surface area (Å²) in [6, 6.07) is 0. The van der Waals surface area contributed by atoms with E-state index in [1.165, 1.54) is 0 Å². The van der Waals surface area contributed by atoms with Crippen LogP contribution in [0.5, 0.6) is 0 Å². The van der Waals surface area contributed by atoms with Crippen molar-refractivity contribution in [3.05, 3.63) is 37.5 Å². The first-order chi connectivity index (χ1) is 6.88. The Morgan fingerprint density at radius 1 is 1.00 bits per heavy atom. The van der Waals surface area contributed by atoms with E-state index in [2.05, 4.69) is 25.3 Å². The molecule has 1 aliphatic carbocycles. The maximum atomic E-state index is 5.61. The minimum absolute atomic E-state index is 0.165. The van der Waals surface area contributed by atoms with Gasteiger partial charge in [-0.15, -0.1) is 13.2 Å². The molecule has 1 rings (SSSR count). The van der Waals surface area contributed by atoms with E-state index in [1.807, 2.05) is 0 Å². The normalized spacial score (nSPS) is 26.0. The second kappa shape index (κ2) is 6.57. The van der Waals surface area contributed by atoms with Gasteiger partial charge in [-0.25, -0.2) is 0 Å². The highest BCUT2D eigenvalue weighted by molar-refractivity contribution is 4.97. The molecule has 0 aliphatic heterocycles. The predicted molar refractivity (Wildman–Crippen MR) is 58.2 cm³/mol. The molecule has 0 unspecified atom stereocenters. The van der Waals surface area contributed by atoms with Crippen molar-refractivity contribution >= 4 is 0 Å². The fourth-order valence-electron chi connectivity index (χ4n) is 1.50. The third kappa shape index (κ3) is 3.48. The van der Waals surface area contributed by atoms with Crippen LogP contribution in [0.25, 0.3) is 0 Å². The SMILES string of the molecule is C=CCO[C@@H]1CC=CC[C@H]1OCC=C. The molecular weight excluding hydrogens is 176 g/mol. The van der Waals surface area contributed by atoms with Crippen molar-refractivity contribution in [2.75, 3.05) is 13.2 Å². The van der Waals surface area contributed by atoms with Crippen molar-refractivity contribution in [2.45, 2.75) is 25.0 Å². The summed E-state index contributed by atoms with van der Waals surface area (Å²) in [6.07, 6.45) is 10.00. The summed E-state index contributed by atoms with van der Waals surface area (Å²) in [6.45, 7) is 8.44. The summed E-state index contributed by atoms with van der Waals surface area (Å²) >= 11 is 0. The van der Waals surface area contributed by atoms with Crippen molar-refractivity contribution in [1.82, 2.24) is 0 Å². The van der Waals surface area contributed by atoms with Crippen molar-refractivity contribution < 1.29 is 9.47 Å². The first kappa shape index (κ1) is 11.2. The van der Waals surface area contributed by atoms with Gasteiger partial charge in [-0.3, -0.25) is 0 Å². The monoisotopic (exact) mass is 194 g/mol. The maximum absolute atomic E-state index is 5.61. The molecule has 0 aromatic carbocycles. The third-order valence-electron chi connectivity index (χ3n) is 2.17. The predicted octanol–water partition coefficient (Wildman–Crippen LogP) is 2.48. The highest BCUT2D eigenvalue weighted by Gasteiger charge is 2.22. The van der Waals surface area contributed by atoms with Crippen LogP contribution in [0.15, 0.2) is 37.5 Å². The standard InChI is InChI=1S/C12H18O2/c1-3-9-13-11-7-5-6-8-12(11)14-10-4-2/h3-6,11-12H,1-2,7-10H2/t11-,12-/m1/s1. The van der Waals surface area contributed by atoms with Crippen molar-refractivity contribution in [2.24, 2.45) is 0 Å². The van der Waals surface area contributed by atoms with Crippen molar-refractivity contribution in [3.63, 3.8) is 0 Å². The minimum atomic E-state index is 0.165. The van der Waals surface area contributed by atoms with Gasteiger partial charge in [0, 0.05) is 0 Å². The zero-order valence-corrected chi connectivity index (χ0v) is 8.52. The van der Waals surface area contributed by atoms with Gasteiger partial charge < -0.3 is 9.47 Å². The highest BCUT2D eigenvalue weighted by atomic mass is 16.5. The Morgan fingerprint density at radius 2 is 1.43 bits per heavy atom. The number of ether oxygens (including phenoxy) is 2. The van der Waals surface area contributed by atoms with Crippen LogP contribution in [0.2, 0.25) is 0 Å². The molecule has 2 atom stereocenters. The second-order valence-corrected chi connectivity index (χ2v) is 3.26. The Morgan fingerprint density at radius 3 is 1.79 bits per heavy atom. The summed E-state index contributed by atoms with van der Waals surface area (Å²) in [5.74, 6) is 0. The van der Waals surface area contributed by atoms with E-state index in [-0.39, 0.29) is 12.2 Å². The Labute approximate surface area is 85.9 Å². The van der Waals surface area contributed by atoms with Crippen LogP contribution < -0.4 is 0 Å². The number of hydrogen-bond acceptors (Lipinski definition) is 2. The van der Waals surface area contributed by atoms with Crippen LogP contribution in [-0.4, -0.2) is 25.4 Å². The lowest BCUT2D eigenvalue weighted by molar-refractivity contribution is -0.0581. The Kier molecular flexibility index (Phi) is 5.27. The van der Waals surface area contributed by atoms with Gasteiger partial charge in [-0.2, -0.15) is 0 Å². The van der Waals surface area contributed by atoms with E-state index in [9.17, 15) is 0 Å². The minimum Gasteiger partial charge on any atom is -0.371 e. The van der Waals surface area contributed by atoms with Gasteiger partial charge >= 0.3 is 0 Å². The van der Waals surface area contributed by atoms with Crippen LogP contribution in [-0.2, 0) is 9.47 Å². The molecule has 0 bridgehead atoms. The molecule has 0 saturated heterocycles. The van der Waals surface area contributed by atoms with Crippen LogP contribution in [0.1, 0.15) is 12.8 Å². The number of hydrogen-bond donors (Lipinski definition) is 0. The molecule has 14 heavy (non-hydrogen) atoms. The van der Waals surface area contributed by atoms with E-state index in [0.717, 1.165) is 12.8 Å². The average Bonchev–Trinajstić information content (AvgIpc) is 2.24. The quantitative estimate of drug-likeness (QED) is 0.605. The molecule has 0 N–H and O–H groups in total. The van der Waals surface area contributed by atoms with E-state index >= 15 is 0 Å². The van der Waals surface area contributed by atoms with Gasteiger partial charge in [0.1, 0.15) is 0 Å². The molecule has 0 aromatic rings. The Hall–Kier alpha value is -0.860. The first-order valence-corrected chi connectivity index (χ1v) is 4.98. The summed E-state index contributed by atoms with van der Waals surface area (Å²) in [5.41, 5.74) is 0. The largest absolute Gasteiger partial charge is 0.371 e. The lowest BCUT2D eigenvalue weighted by Crippen LogP contribution is -2.33. The Balaban J connectivity index is 2.38. The summed E-state index contributed by atoms with van der Waals surface area (Å²) in [4.78, 5) is 0. The van der Waals surface area contributed by atoms with E-state index < -0.39 is 0 Å². The van der Waals surface area contributed by atoms with E-state index in [1.54, 1.807) is 12.2 Å². The van der Waals surface area contributed by atoms with Gasteiger partial charge in [0.15, 0.2) is 0 Å². The third-order valence-corrected chi connectivity index (χ3v) is 2.17. The molecular formula is C12H18O2. The van der Waals surface area contributed by atoms with Crippen LogP contribution in [0.4, 0.5) is 0 Å². The molecule has 0 radical (unpaired) electrons. The van der Waals surface area contributed by atoms with Crippen molar-refractivity contribution in [1.29, 1.82) is 0 Å². The molecule has 2 nitrogen and oxygen atoms in total. The van der Waals surface area contributed by atoms with E-state index in [4.69, 9.17) is 9.47 Å². The van der Waals surface area contributed by atoms with Gasteiger partial charge in [-0.05, 0) is 12.8 Å². The van der Waals surface area contributed by atoms with Crippen molar-refractivity contribution in [3.8, 4) is 0 Å². The number of rotatable bonds is 6. The lowest BCUT2D eigenvalue weighted by atomic mass is 10.0. The molecule has 0 aromatic heterocycles. The van der Waals surface area contributed by atoms with Crippen LogP contribution in [0.3, 0.4) is 0 Å². The molecule has 0 saturated carbocycles. The summed E-state index contributed by atoms with van der Waals surface area (Å²) in [5, 5.41) is 0. The van der Waals surface area contributed by atoms with Gasteiger partial charge in [0.25, 0.3) is 0 Å². The first-order valence-electron chi connectivity index (χ1n) is 4.98. The second-order valence-electron chi connectivity index (χ2n) is 3.26. The topological polar surface area (TPSA) is 18.5 Å². The molecule has 1 aliphatic rings. The van der Waals surface area contributed by atoms with E-state index in [0.29, 0.717) is 13.2 Å². The molecule has 0 fully saturated rings. The van der Waals surface area contributed by atoms with Crippen LogP contribution >= 0.6 is 0 Å². The van der Waals surface area contributed by atoms with Crippen LogP contribution in [0, 0.1) is 0 Å².